The zero-order valence-corrected chi connectivity index (χ0v) is 14.7. The van der Waals surface area contributed by atoms with Gasteiger partial charge in [0, 0.05) is 15.6 Å². The highest BCUT2D eigenvalue weighted by Gasteiger charge is 2.06. The highest BCUT2D eigenvalue weighted by atomic mass is 79.9. The first-order valence-corrected chi connectivity index (χ1v) is 8.02. The number of ether oxygens (including phenoxy) is 1. The van der Waals surface area contributed by atoms with Crippen LogP contribution in [-0.2, 0) is 11.4 Å². The van der Waals surface area contributed by atoms with E-state index in [1.165, 1.54) is 6.21 Å². The Morgan fingerprint density at radius 2 is 2.08 bits per heavy atom. The van der Waals surface area contributed by atoms with Gasteiger partial charge in [-0.3, -0.25) is 4.79 Å². The molecule has 124 valence electrons. The van der Waals surface area contributed by atoms with Gasteiger partial charge >= 0.3 is 0 Å². The summed E-state index contributed by atoms with van der Waals surface area (Å²) in [6.45, 7) is 0.229. The first-order valence-electron chi connectivity index (χ1n) is 7.23. The second-order valence-electron chi connectivity index (χ2n) is 4.87. The van der Waals surface area contributed by atoms with Crippen LogP contribution >= 0.6 is 15.9 Å². The number of nitrogens with one attached hydrogen (secondary N) is 1. The number of hydrogen-bond donors (Lipinski definition) is 1. The molecule has 0 aromatic heterocycles. The Hall–Kier alpha value is -3.16. The molecule has 2 aromatic carbocycles. The average Bonchev–Trinajstić information content (AvgIpc) is 2.61. The molecular weight excluding hydrogens is 384 g/mol. The summed E-state index contributed by atoms with van der Waals surface area (Å²) in [6.07, 6.45) is 1.18. The lowest BCUT2D eigenvalue weighted by Gasteiger charge is -2.10. The summed E-state index contributed by atoms with van der Waals surface area (Å²) >= 11 is 3.37. The minimum atomic E-state index is -0.487. The van der Waals surface area contributed by atoms with Gasteiger partial charge in [-0.1, -0.05) is 34.1 Å². The van der Waals surface area contributed by atoms with Gasteiger partial charge in [-0.25, -0.2) is 5.43 Å². The Morgan fingerprint density at radius 1 is 1.28 bits per heavy atom. The first kappa shape index (κ1) is 18.2. The summed E-state index contributed by atoms with van der Waals surface area (Å²) in [5, 5.41) is 21.4. The van der Waals surface area contributed by atoms with Crippen LogP contribution in [0.2, 0.25) is 0 Å². The molecule has 0 saturated heterocycles. The molecule has 0 saturated carbocycles. The molecule has 0 bridgehead atoms. The molecule has 0 aliphatic carbocycles. The Balaban J connectivity index is 2.13. The lowest BCUT2D eigenvalue weighted by molar-refractivity contribution is -0.120. The third-order valence-electron chi connectivity index (χ3n) is 3.13. The molecule has 0 unspecified atom stereocenters. The lowest BCUT2D eigenvalue weighted by atomic mass is 10.1. The third-order valence-corrected chi connectivity index (χ3v) is 3.62. The molecule has 6 nitrogen and oxygen atoms in total. The van der Waals surface area contributed by atoms with Crippen molar-refractivity contribution in [1.29, 1.82) is 10.5 Å². The Bertz CT molecular complexity index is 881. The monoisotopic (exact) mass is 396 g/mol. The number of carbonyl (C=O) groups excluding carboxylic acids is 1. The van der Waals surface area contributed by atoms with E-state index in [1.807, 2.05) is 18.2 Å². The SMILES string of the molecule is N#CCC(=O)NN=Cc1cc(Br)ccc1OCc1ccccc1C#N. The van der Waals surface area contributed by atoms with E-state index in [1.54, 1.807) is 30.3 Å². The van der Waals surface area contributed by atoms with Crippen molar-refractivity contribution in [2.75, 3.05) is 0 Å². The van der Waals surface area contributed by atoms with Crippen molar-refractivity contribution in [3.63, 3.8) is 0 Å². The number of hydrazone groups is 1. The number of amides is 1. The van der Waals surface area contributed by atoms with Gasteiger partial charge in [0.05, 0.1) is 23.9 Å². The minimum Gasteiger partial charge on any atom is -0.488 e. The van der Waals surface area contributed by atoms with Crippen LogP contribution in [0.5, 0.6) is 5.75 Å². The molecule has 0 spiro atoms. The molecular formula is C18H13BrN4O2. The quantitative estimate of drug-likeness (QED) is 0.598. The number of nitrogens with zero attached hydrogens (tertiary/aromatic N) is 3. The molecule has 0 aliphatic rings. The van der Waals surface area contributed by atoms with E-state index >= 15 is 0 Å². The largest absolute Gasteiger partial charge is 0.488 e. The van der Waals surface area contributed by atoms with Crippen LogP contribution in [-0.4, -0.2) is 12.1 Å². The number of halogens is 1. The van der Waals surface area contributed by atoms with Gasteiger partial charge in [0.15, 0.2) is 0 Å². The summed E-state index contributed by atoms with van der Waals surface area (Å²) in [4.78, 5) is 11.2. The van der Waals surface area contributed by atoms with E-state index in [4.69, 9.17) is 15.3 Å². The second kappa shape index (κ2) is 9.21. The molecule has 0 fully saturated rings. The Labute approximate surface area is 153 Å². The first-order chi connectivity index (χ1) is 12.1. The van der Waals surface area contributed by atoms with Crippen molar-refractivity contribution >= 4 is 28.1 Å². The predicted octanol–water partition coefficient (Wildman–Crippen LogP) is 3.26. The van der Waals surface area contributed by atoms with E-state index in [0.29, 0.717) is 16.9 Å². The van der Waals surface area contributed by atoms with Crippen molar-refractivity contribution < 1.29 is 9.53 Å². The van der Waals surface area contributed by atoms with Crippen LogP contribution in [0.15, 0.2) is 52.0 Å². The van der Waals surface area contributed by atoms with Gasteiger partial charge in [0.2, 0.25) is 0 Å². The Kier molecular flexibility index (Phi) is 6.70. The molecule has 0 aliphatic heterocycles. The third kappa shape index (κ3) is 5.45. The number of benzene rings is 2. The van der Waals surface area contributed by atoms with Crippen molar-refractivity contribution in [3.8, 4) is 17.9 Å². The molecule has 0 radical (unpaired) electrons. The summed E-state index contributed by atoms with van der Waals surface area (Å²) < 4.78 is 6.62. The number of nitriles is 2. The van der Waals surface area contributed by atoms with Crippen molar-refractivity contribution in [2.45, 2.75) is 13.0 Å². The van der Waals surface area contributed by atoms with Crippen LogP contribution in [0, 0.1) is 22.7 Å². The van der Waals surface area contributed by atoms with Crippen molar-refractivity contribution in [2.24, 2.45) is 5.10 Å². The molecule has 2 rings (SSSR count). The topological polar surface area (TPSA) is 98.3 Å². The lowest BCUT2D eigenvalue weighted by Crippen LogP contribution is -2.16. The molecule has 0 atom stereocenters. The number of hydrogen-bond acceptors (Lipinski definition) is 5. The minimum absolute atomic E-state index is 0.229. The predicted molar refractivity (Wildman–Crippen MR) is 95.6 cm³/mol. The molecule has 0 heterocycles. The fourth-order valence-electron chi connectivity index (χ4n) is 1.95. The molecule has 2 aromatic rings. The fraction of sp³-hybridized carbons (Fsp3) is 0.111. The van der Waals surface area contributed by atoms with Gasteiger partial charge in [0.25, 0.3) is 5.91 Å². The van der Waals surface area contributed by atoms with Crippen molar-refractivity contribution in [1.82, 2.24) is 5.43 Å². The van der Waals surface area contributed by atoms with Crippen LogP contribution in [0.25, 0.3) is 0 Å². The highest BCUT2D eigenvalue weighted by Crippen LogP contribution is 2.23. The van der Waals surface area contributed by atoms with Crippen LogP contribution in [0.4, 0.5) is 0 Å². The van der Waals surface area contributed by atoms with E-state index < -0.39 is 5.91 Å². The fourth-order valence-corrected chi connectivity index (χ4v) is 2.33. The molecule has 7 heteroatoms. The second-order valence-corrected chi connectivity index (χ2v) is 5.78. The maximum Gasteiger partial charge on any atom is 0.254 e. The molecule has 1 amide bonds. The van der Waals surface area contributed by atoms with E-state index in [9.17, 15) is 4.79 Å². The maximum absolute atomic E-state index is 11.2. The van der Waals surface area contributed by atoms with Crippen LogP contribution < -0.4 is 10.2 Å². The van der Waals surface area contributed by atoms with Gasteiger partial charge in [-0.2, -0.15) is 15.6 Å². The molecule has 1 N–H and O–H groups in total. The van der Waals surface area contributed by atoms with Gasteiger partial charge in [-0.15, -0.1) is 0 Å². The summed E-state index contributed by atoms with van der Waals surface area (Å²) in [6, 6.07) is 16.4. The van der Waals surface area contributed by atoms with Gasteiger partial charge in [0.1, 0.15) is 18.8 Å². The summed E-state index contributed by atoms with van der Waals surface area (Å²) in [7, 11) is 0. The van der Waals surface area contributed by atoms with Gasteiger partial charge < -0.3 is 4.74 Å². The number of rotatable bonds is 6. The number of carbonyl (C=O) groups is 1. The Morgan fingerprint density at radius 3 is 2.84 bits per heavy atom. The zero-order chi connectivity index (χ0) is 18.1. The molecule has 25 heavy (non-hydrogen) atoms. The van der Waals surface area contributed by atoms with Gasteiger partial charge in [-0.05, 0) is 24.3 Å². The van der Waals surface area contributed by atoms with E-state index in [0.717, 1.165) is 10.0 Å². The smallest absolute Gasteiger partial charge is 0.254 e. The summed E-state index contributed by atoms with van der Waals surface area (Å²) in [5.41, 5.74) is 4.24. The maximum atomic E-state index is 11.2. The van der Waals surface area contributed by atoms with E-state index in [2.05, 4.69) is 32.5 Å². The van der Waals surface area contributed by atoms with Crippen LogP contribution in [0.3, 0.4) is 0 Å². The average molecular weight is 397 g/mol. The summed E-state index contributed by atoms with van der Waals surface area (Å²) in [5.74, 6) is 0.0633. The van der Waals surface area contributed by atoms with E-state index in [-0.39, 0.29) is 13.0 Å². The van der Waals surface area contributed by atoms with Crippen molar-refractivity contribution in [3.05, 3.63) is 63.6 Å². The van der Waals surface area contributed by atoms with Crippen LogP contribution in [0.1, 0.15) is 23.1 Å². The normalized spacial score (nSPS) is 10.0. The zero-order valence-electron chi connectivity index (χ0n) is 13.1. The standard InChI is InChI=1S/C18H13BrN4O2/c19-16-5-6-17(15(9-16)11-22-23-18(24)7-8-20)25-12-14-4-2-1-3-13(14)10-21/h1-6,9,11H,7,12H2,(H,23,24). The highest BCUT2D eigenvalue weighted by molar-refractivity contribution is 9.10.